The van der Waals surface area contributed by atoms with Crippen molar-refractivity contribution in [2.45, 2.75) is 33.1 Å². The van der Waals surface area contributed by atoms with Crippen molar-refractivity contribution in [2.75, 3.05) is 6.61 Å². The van der Waals surface area contributed by atoms with Crippen LogP contribution in [0.3, 0.4) is 0 Å². The third-order valence-corrected chi connectivity index (χ3v) is 2.86. The van der Waals surface area contributed by atoms with E-state index in [0.717, 1.165) is 24.4 Å². The summed E-state index contributed by atoms with van der Waals surface area (Å²) in [6.45, 7) is 5.36. The van der Waals surface area contributed by atoms with Gasteiger partial charge in [-0.1, -0.05) is 13.8 Å². The van der Waals surface area contributed by atoms with Crippen LogP contribution in [0.15, 0.2) is 0 Å². The molecule has 0 aromatic carbocycles. The second-order valence-electron chi connectivity index (χ2n) is 4.02. The minimum absolute atomic E-state index is 0.729. The van der Waals surface area contributed by atoms with Crippen LogP contribution in [0.4, 0.5) is 0 Å². The van der Waals surface area contributed by atoms with Crippen LogP contribution in [-0.2, 0) is 4.84 Å². The fourth-order valence-corrected chi connectivity index (χ4v) is 2.01. The lowest BCUT2D eigenvalue weighted by Gasteiger charge is -2.13. The van der Waals surface area contributed by atoms with Crippen molar-refractivity contribution < 1.29 is 4.84 Å². The van der Waals surface area contributed by atoms with Gasteiger partial charge < -0.3 is 4.84 Å². The first-order chi connectivity index (χ1) is 5.24. The Balaban J connectivity index is 2.23. The van der Waals surface area contributed by atoms with Gasteiger partial charge in [-0.25, -0.2) is 5.90 Å². The molecule has 2 nitrogen and oxygen atoms in total. The van der Waals surface area contributed by atoms with E-state index in [2.05, 4.69) is 18.7 Å². The van der Waals surface area contributed by atoms with Gasteiger partial charge in [0, 0.05) is 0 Å². The molecule has 66 valence electrons. The van der Waals surface area contributed by atoms with Crippen LogP contribution < -0.4 is 5.90 Å². The Bertz CT molecular complexity index is 114. The van der Waals surface area contributed by atoms with Gasteiger partial charge in [0.2, 0.25) is 0 Å². The van der Waals surface area contributed by atoms with E-state index in [-0.39, 0.29) is 0 Å². The summed E-state index contributed by atoms with van der Waals surface area (Å²) in [5.74, 6) is 7.50. The fourth-order valence-electron chi connectivity index (χ4n) is 2.01. The van der Waals surface area contributed by atoms with E-state index in [1.165, 1.54) is 19.3 Å². The number of rotatable bonds is 3. The van der Waals surface area contributed by atoms with Gasteiger partial charge in [-0.3, -0.25) is 0 Å². The average molecular weight is 157 g/mol. The summed E-state index contributed by atoms with van der Waals surface area (Å²) in [7, 11) is 0. The Labute approximate surface area is 69.1 Å². The van der Waals surface area contributed by atoms with Gasteiger partial charge >= 0.3 is 0 Å². The van der Waals surface area contributed by atoms with E-state index in [0.29, 0.717) is 0 Å². The molecular formula is C9H19NO. The Morgan fingerprint density at radius 2 is 2.18 bits per heavy atom. The Morgan fingerprint density at radius 1 is 1.45 bits per heavy atom. The fraction of sp³-hybridized carbons (Fsp3) is 1.00. The highest BCUT2D eigenvalue weighted by atomic mass is 16.6. The minimum atomic E-state index is 0.729. The van der Waals surface area contributed by atoms with Gasteiger partial charge in [0.25, 0.3) is 0 Å². The van der Waals surface area contributed by atoms with Crippen LogP contribution in [0.25, 0.3) is 0 Å². The van der Waals surface area contributed by atoms with Gasteiger partial charge in [-0.05, 0) is 37.0 Å². The average Bonchev–Trinajstić information content (AvgIpc) is 2.37. The molecule has 2 N–H and O–H groups in total. The van der Waals surface area contributed by atoms with Crippen molar-refractivity contribution in [3.05, 3.63) is 0 Å². The lowest BCUT2D eigenvalue weighted by atomic mass is 9.93. The maximum atomic E-state index is 5.03. The van der Waals surface area contributed by atoms with E-state index in [4.69, 9.17) is 5.90 Å². The molecule has 0 aliphatic heterocycles. The second kappa shape index (κ2) is 4.07. The molecule has 0 radical (unpaired) electrons. The van der Waals surface area contributed by atoms with E-state index in [1.54, 1.807) is 0 Å². The highest BCUT2D eigenvalue weighted by Gasteiger charge is 2.26. The lowest BCUT2D eigenvalue weighted by molar-refractivity contribution is 0.101. The van der Waals surface area contributed by atoms with Crippen LogP contribution in [0.2, 0.25) is 0 Å². The number of nitrogens with two attached hydrogens (primary N) is 1. The highest BCUT2D eigenvalue weighted by Crippen LogP contribution is 2.35. The zero-order valence-electron chi connectivity index (χ0n) is 7.55. The van der Waals surface area contributed by atoms with Crippen molar-refractivity contribution in [2.24, 2.45) is 23.7 Å². The smallest absolute Gasteiger partial charge is 0.0707 e. The van der Waals surface area contributed by atoms with E-state index < -0.39 is 0 Å². The zero-order valence-corrected chi connectivity index (χ0v) is 7.55. The third-order valence-electron chi connectivity index (χ3n) is 2.86. The first-order valence-electron chi connectivity index (χ1n) is 4.55. The molecule has 0 spiro atoms. The van der Waals surface area contributed by atoms with E-state index in [9.17, 15) is 0 Å². The van der Waals surface area contributed by atoms with Gasteiger partial charge in [0.05, 0.1) is 6.61 Å². The molecule has 0 bridgehead atoms. The van der Waals surface area contributed by atoms with Crippen molar-refractivity contribution in [3.63, 3.8) is 0 Å². The quantitative estimate of drug-likeness (QED) is 0.635. The van der Waals surface area contributed by atoms with Crippen molar-refractivity contribution >= 4 is 0 Å². The Kier molecular flexibility index (Phi) is 3.34. The molecule has 0 saturated heterocycles. The van der Waals surface area contributed by atoms with Gasteiger partial charge in [0.15, 0.2) is 0 Å². The molecule has 0 heterocycles. The van der Waals surface area contributed by atoms with Crippen LogP contribution in [0.5, 0.6) is 0 Å². The molecule has 1 rings (SSSR count). The van der Waals surface area contributed by atoms with Gasteiger partial charge in [-0.15, -0.1) is 0 Å². The first-order valence-corrected chi connectivity index (χ1v) is 4.55. The molecule has 0 amide bonds. The summed E-state index contributed by atoms with van der Waals surface area (Å²) in [6, 6.07) is 0. The molecule has 1 aliphatic carbocycles. The van der Waals surface area contributed by atoms with Crippen LogP contribution in [0, 0.1) is 17.8 Å². The monoisotopic (exact) mass is 157 g/mol. The maximum Gasteiger partial charge on any atom is 0.0707 e. The van der Waals surface area contributed by atoms with Crippen molar-refractivity contribution in [3.8, 4) is 0 Å². The highest BCUT2D eigenvalue weighted by molar-refractivity contribution is 4.76. The summed E-state index contributed by atoms with van der Waals surface area (Å²) < 4.78 is 0. The molecule has 2 atom stereocenters. The number of hydrogen-bond acceptors (Lipinski definition) is 2. The summed E-state index contributed by atoms with van der Waals surface area (Å²) in [6.07, 6.45) is 3.99. The molecule has 1 saturated carbocycles. The molecule has 0 aromatic rings. The maximum absolute atomic E-state index is 5.03. The zero-order chi connectivity index (χ0) is 8.27. The van der Waals surface area contributed by atoms with Crippen molar-refractivity contribution in [1.29, 1.82) is 0 Å². The lowest BCUT2D eigenvalue weighted by Crippen LogP contribution is -2.11. The first kappa shape index (κ1) is 9.01. The van der Waals surface area contributed by atoms with Gasteiger partial charge in [-0.2, -0.15) is 0 Å². The molecule has 0 aromatic heterocycles. The molecule has 2 heteroatoms. The predicted octanol–water partition coefficient (Wildman–Crippen LogP) is 1.95. The Hall–Kier alpha value is -0.0800. The molecule has 1 aliphatic rings. The second-order valence-corrected chi connectivity index (χ2v) is 4.02. The van der Waals surface area contributed by atoms with Crippen LogP contribution in [0.1, 0.15) is 33.1 Å². The van der Waals surface area contributed by atoms with Crippen LogP contribution in [-0.4, -0.2) is 6.61 Å². The molecule has 11 heavy (non-hydrogen) atoms. The molecular weight excluding hydrogens is 138 g/mol. The summed E-state index contributed by atoms with van der Waals surface area (Å²) in [5, 5.41) is 0. The standard InChI is InChI=1S/C9H19NO/c1-7(2)9-4-3-8(5-9)6-11-10/h7-9H,3-6,10H2,1-2H3. The SMILES string of the molecule is CC(C)C1CCC(CON)C1. The normalized spacial score (nSPS) is 31.6. The van der Waals surface area contributed by atoms with Crippen LogP contribution >= 0.6 is 0 Å². The van der Waals surface area contributed by atoms with Gasteiger partial charge in [0.1, 0.15) is 0 Å². The largest absolute Gasteiger partial charge is 0.304 e. The summed E-state index contributed by atoms with van der Waals surface area (Å²) in [5.41, 5.74) is 0. The third kappa shape index (κ3) is 2.46. The topological polar surface area (TPSA) is 35.2 Å². The predicted molar refractivity (Wildman–Crippen MR) is 45.8 cm³/mol. The molecule has 2 unspecified atom stereocenters. The summed E-state index contributed by atoms with van der Waals surface area (Å²) >= 11 is 0. The van der Waals surface area contributed by atoms with E-state index in [1.807, 2.05) is 0 Å². The van der Waals surface area contributed by atoms with E-state index >= 15 is 0 Å². The molecule has 1 fully saturated rings. The minimum Gasteiger partial charge on any atom is -0.304 e. The van der Waals surface area contributed by atoms with Crippen molar-refractivity contribution in [1.82, 2.24) is 0 Å². The summed E-state index contributed by atoms with van der Waals surface area (Å²) in [4.78, 5) is 4.65. The number of hydrogen-bond donors (Lipinski definition) is 1. The Morgan fingerprint density at radius 3 is 2.64 bits per heavy atom.